The van der Waals surface area contributed by atoms with Gasteiger partial charge in [-0.2, -0.15) is 0 Å². The molecule has 104 valence electrons. The van der Waals surface area contributed by atoms with Gasteiger partial charge in [0.2, 0.25) is 11.7 Å². The van der Waals surface area contributed by atoms with Crippen molar-refractivity contribution in [1.82, 2.24) is 15.3 Å². The van der Waals surface area contributed by atoms with Crippen LogP contribution in [0.2, 0.25) is 0 Å². The summed E-state index contributed by atoms with van der Waals surface area (Å²) in [5, 5.41) is 8.95. The number of carbonyl (C=O) groups is 1. The van der Waals surface area contributed by atoms with E-state index < -0.39 is 0 Å². The van der Waals surface area contributed by atoms with Crippen LogP contribution in [-0.2, 0) is 4.79 Å². The zero-order valence-corrected chi connectivity index (χ0v) is 11.2. The van der Waals surface area contributed by atoms with Crippen LogP contribution in [0.1, 0.15) is 19.3 Å². The first-order valence-electron chi connectivity index (χ1n) is 6.34. The number of methoxy groups -OCH3 is 1. The van der Waals surface area contributed by atoms with Crippen molar-refractivity contribution in [2.75, 3.05) is 31.3 Å². The molecule has 0 atom stereocenters. The lowest BCUT2D eigenvalue weighted by molar-refractivity contribution is -0.120. The molecule has 7 heteroatoms. The van der Waals surface area contributed by atoms with Gasteiger partial charge in [-0.05, 0) is 12.8 Å². The van der Waals surface area contributed by atoms with Gasteiger partial charge in [0.05, 0.1) is 7.11 Å². The lowest BCUT2D eigenvalue weighted by Gasteiger charge is -2.12. The largest absolute Gasteiger partial charge is 0.490 e. The van der Waals surface area contributed by atoms with E-state index in [0.29, 0.717) is 36.4 Å². The molecule has 1 fully saturated rings. The Kier molecular flexibility index (Phi) is 4.38. The third kappa shape index (κ3) is 3.70. The van der Waals surface area contributed by atoms with Gasteiger partial charge in [0.1, 0.15) is 6.33 Å². The topological polar surface area (TPSA) is 88.2 Å². The number of nitrogens with zero attached hydrogens (tertiary/aromatic N) is 2. The fourth-order valence-electron chi connectivity index (χ4n) is 1.69. The minimum Gasteiger partial charge on any atom is -0.490 e. The van der Waals surface area contributed by atoms with Gasteiger partial charge in [-0.3, -0.25) is 4.79 Å². The van der Waals surface area contributed by atoms with Gasteiger partial charge in [-0.25, -0.2) is 9.97 Å². The smallest absolute Gasteiger partial charge is 0.221 e. The molecule has 1 aromatic heterocycles. The van der Waals surface area contributed by atoms with E-state index in [0.717, 1.165) is 12.8 Å². The van der Waals surface area contributed by atoms with E-state index in [1.165, 1.54) is 6.33 Å². The van der Waals surface area contributed by atoms with Gasteiger partial charge < -0.3 is 20.7 Å². The number of rotatable bonds is 7. The number of hydrogen-bond donors (Lipinski definition) is 3. The summed E-state index contributed by atoms with van der Waals surface area (Å²) in [6.45, 7) is 0.509. The van der Waals surface area contributed by atoms with Crippen LogP contribution in [-0.4, -0.2) is 42.6 Å². The predicted molar refractivity (Wildman–Crippen MR) is 72.4 cm³/mol. The maximum Gasteiger partial charge on any atom is 0.221 e. The average molecular weight is 265 g/mol. The standard InChI is InChI=1S/C12H19N5O2/c1-13-11-10(19-2)12(16-7-15-11)14-6-5-9(18)17-8-3-4-8/h7-8H,3-6H2,1-2H3,(H,17,18)(H2,13,14,15,16). The van der Waals surface area contributed by atoms with Crippen molar-refractivity contribution in [2.24, 2.45) is 0 Å². The molecule has 0 radical (unpaired) electrons. The van der Waals surface area contributed by atoms with E-state index in [-0.39, 0.29) is 5.91 Å². The van der Waals surface area contributed by atoms with E-state index in [1.807, 2.05) is 0 Å². The minimum atomic E-state index is 0.0665. The van der Waals surface area contributed by atoms with Crippen molar-refractivity contribution in [3.63, 3.8) is 0 Å². The Balaban J connectivity index is 1.86. The molecule has 0 unspecified atom stereocenters. The van der Waals surface area contributed by atoms with E-state index >= 15 is 0 Å². The zero-order valence-electron chi connectivity index (χ0n) is 11.2. The Hall–Kier alpha value is -2.05. The Bertz CT molecular complexity index is 448. The second-order valence-electron chi connectivity index (χ2n) is 4.37. The first-order chi connectivity index (χ1) is 9.24. The number of hydrogen-bond acceptors (Lipinski definition) is 6. The molecular weight excluding hydrogens is 246 g/mol. The quantitative estimate of drug-likeness (QED) is 0.669. The number of nitrogens with one attached hydrogen (secondary N) is 3. The van der Waals surface area contributed by atoms with Crippen molar-refractivity contribution in [3.05, 3.63) is 6.33 Å². The maximum absolute atomic E-state index is 11.5. The molecule has 1 amide bonds. The molecule has 0 bridgehead atoms. The highest BCUT2D eigenvalue weighted by molar-refractivity contribution is 5.77. The first kappa shape index (κ1) is 13.4. The SMILES string of the molecule is CNc1ncnc(NCCC(=O)NC2CC2)c1OC. The van der Waals surface area contributed by atoms with E-state index in [1.54, 1.807) is 14.2 Å². The Morgan fingerprint density at radius 3 is 2.79 bits per heavy atom. The van der Waals surface area contributed by atoms with E-state index in [4.69, 9.17) is 4.74 Å². The third-order valence-corrected chi connectivity index (χ3v) is 2.83. The van der Waals surface area contributed by atoms with Crippen molar-refractivity contribution in [3.8, 4) is 5.75 Å². The molecule has 0 saturated heterocycles. The van der Waals surface area contributed by atoms with Crippen molar-refractivity contribution >= 4 is 17.5 Å². The Labute approximate surface area is 112 Å². The number of amides is 1. The molecule has 1 aromatic rings. The molecule has 0 aromatic carbocycles. The molecule has 1 heterocycles. The normalized spacial score (nSPS) is 13.8. The van der Waals surface area contributed by atoms with Crippen LogP contribution < -0.4 is 20.7 Å². The van der Waals surface area contributed by atoms with Gasteiger partial charge in [-0.1, -0.05) is 0 Å². The van der Waals surface area contributed by atoms with Crippen LogP contribution in [0.25, 0.3) is 0 Å². The monoisotopic (exact) mass is 265 g/mol. The van der Waals surface area contributed by atoms with Crippen LogP contribution in [0.5, 0.6) is 5.75 Å². The highest BCUT2D eigenvalue weighted by Crippen LogP contribution is 2.28. The molecule has 1 aliphatic carbocycles. The summed E-state index contributed by atoms with van der Waals surface area (Å²) in [5.41, 5.74) is 0. The lowest BCUT2D eigenvalue weighted by atomic mass is 10.3. The van der Waals surface area contributed by atoms with Crippen LogP contribution in [0.3, 0.4) is 0 Å². The number of anilines is 2. The minimum absolute atomic E-state index is 0.0665. The summed E-state index contributed by atoms with van der Waals surface area (Å²) in [5.74, 6) is 1.81. The second-order valence-corrected chi connectivity index (χ2v) is 4.37. The molecule has 0 aliphatic heterocycles. The Morgan fingerprint density at radius 1 is 1.42 bits per heavy atom. The van der Waals surface area contributed by atoms with Crippen molar-refractivity contribution in [2.45, 2.75) is 25.3 Å². The summed E-state index contributed by atoms with van der Waals surface area (Å²) in [7, 11) is 3.32. The molecule has 1 aliphatic rings. The zero-order chi connectivity index (χ0) is 13.7. The molecular formula is C12H19N5O2. The summed E-state index contributed by atoms with van der Waals surface area (Å²) in [6, 6.07) is 0.400. The van der Waals surface area contributed by atoms with Crippen molar-refractivity contribution < 1.29 is 9.53 Å². The van der Waals surface area contributed by atoms with Gasteiger partial charge in [0.25, 0.3) is 0 Å². The summed E-state index contributed by atoms with van der Waals surface area (Å²) in [4.78, 5) is 19.7. The highest BCUT2D eigenvalue weighted by atomic mass is 16.5. The van der Waals surface area contributed by atoms with Crippen LogP contribution in [0.15, 0.2) is 6.33 Å². The number of carbonyl (C=O) groups excluding carboxylic acids is 1. The lowest BCUT2D eigenvalue weighted by Crippen LogP contribution is -2.27. The van der Waals surface area contributed by atoms with E-state index in [2.05, 4.69) is 25.9 Å². The molecule has 3 N–H and O–H groups in total. The third-order valence-electron chi connectivity index (χ3n) is 2.83. The summed E-state index contributed by atoms with van der Waals surface area (Å²) >= 11 is 0. The van der Waals surface area contributed by atoms with E-state index in [9.17, 15) is 4.79 Å². The second kappa shape index (κ2) is 6.21. The van der Waals surface area contributed by atoms with Crippen LogP contribution in [0, 0.1) is 0 Å². The fourth-order valence-corrected chi connectivity index (χ4v) is 1.69. The molecule has 0 spiro atoms. The average Bonchev–Trinajstić information content (AvgIpc) is 3.22. The van der Waals surface area contributed by atoms with Gasteiger partial charge in [0, 0.05) is 26.1 Å². The molecule has 7 nitrogen and oxygen atoms in total. The number of aromatic nitrogens is 2. The summed E-state index contributed by atoms with van der Waals surface area (Å²) < 4.78 is 5.25. The van der Waals surface area contributed by atoms with Gasteiger partial charge in [-0.15, -0.1) is 0 Å². The molecule has 2 rings (SSSR count). The first-order valence-corrected chi connectivity index (χ1v) is 6.34. The predicted octanol–water partition coefficient (Wildman–Crippen LogP) is 0.607. The van der Waals surface area contributed by atoms with Gasteiger partial charge in [0.15, 0.2) is 11.6 Å². The van der Waals surface area contributed by atoms with Crippen molar-refractivity contribution in [1.29, 1.82) is 0 Å². The Morgan fingerprint density at radius 2 is 2.16 bits per heavy atom. The maximum atomic E-state index is 11.5. The fraction of sp³-hybridized carbons (Fsp3) is 0.583. The van der Waals surface area contributed by atoms with Crippen LogP contribution >= 0.6 is 0 Å². The molecule has 1 saturated carbocycles. The number of ether oxygens (including phenoxy) is 1. The highest BCUT2D eigenvalue weighted by Gasteiger charge is 2.22. The summed E-state index contributed by atoms with van der Waals surface area (Å²) in [6.07, 6.45) is 4.06. The van der Waals surface area contributed by atoms with Crippen LogP contribution in [0.4, 0.5) is 11.6 Å². The van der Waals surface area contributed by atoms with Gasteiger partial charge >= 0.3 is 0 Å². The molecule has 19 heavy (non-hydrogen) atoms.